The van der Waals surface area contributed by atoms with Crippen LogP contribution in [0.15, 0.2) is 42.7 Å². The maximum absolute atomic E-state index is 5.34. The first-order valence-corrected chi connectivity index (χ1v) is 4.25. The highest BCUT2D eigenvalue weighted by Gasteiger charge is 2.03. The molecule has 1 aromatic carbocycles. The molecule has 0 radical (unpaired) electrons. The molecular formula is C12H8N2. The molecule has 0 aliphatic carbocycles. The molecule has 0 spiro atoms. The van der Waals surface area contributed by atoms with Crippen LogP contribution in [0.4, 0.5) is 0 Å². The van der Waals surface area contributed by atoms with E-state index in [1.54, 1.807) is 12.4 Å². The van der Waals surface area contributed by atoms with Crippen LogP contribution in [-0.2, 0) is 0 Å². The molecular weight excluding hydrogens is 172 g/mol. The van der Waals surface area contributed by atoms with Gasteiger partial charge in [0.2, 0.25) is 0 Å². The first-order chi connectivity index (χ1) is 6.92. The fourth-order valence-electron chi connectivity index (χ4n) is 1.25. The number of aromatic nitrogens is 2. The lowest BCUT2D eigenvalue weighted by Crippen LogP contribution is -1.91. The van der Waals surface area contributed by atoms with Crippen molar-refractivity contribution in [2.75, 3.05) is 0 Å². The summed E-state index contributed by atoms with van der Waals surface area (Å²) in [6.07, 6.45) is 8.58. The predicted molar refractivity (Wildman–Crippen MR) is 55.4 cm³/mol. The van der Waals surface area contributed by atoms with Crippen LogP contribution in [0.3, 0.4) is 0 Å². The van der Waals surface area contributed by atoms with Gasteiger partial charge in [-0.1, -0.05) is 30.3 Å². The highest BCUT2D eigenvalue weighted by atomic mass is 14.8. The van der Waals surface area contributed by atoms with Crippen molar-refractivity contribution in [2.45, 2.75) is 0 Å². The van der Waals surface area contributed by atoms with Gasteiger partial charge in [0, 0.05) is 18.0 Å². The van der Waals surface area contributed by atoms with Crippen molar-refractivity contribution in [2.24, 2.45) is 0 Å². The third kappa shape index (κ3) is 1.48. The van der Waals surface area contributed by atoms with Crippen LogP contribution < -0.4 is 0 Å². The third-order valence-corrected chi connectivity index (χ3v) is 1.88. The summed E-state index contributed by atoms with van der Waals surface area (Å²) in [4.78, 5) is 8.29. The van der Waals surface area contributed by atoms with Crippen molar-refractivity contribution in [1.29, 1.82) is 0 Å². The molecule has 0 saturated carbocycles. The topological polar surface area (TPSA) is 25.8 Å². The number of terminal acetylenes is 1. The maximum Gasteiger partial charge on any atom is 0.139 e. The van der Waals surface area contributed by atoms with E-state index >= 15 is 0 Å². The van der Waals surface area contributed by atoms with Gasteiger partial charge in [-0.3, -0.25) is 4.98 Å². The zero-order chi connectivity index (χ0) is 9.80. The van der Waals surface area contributed by atoms with E-state index in [0.717, 1.165) is 11.3 Å². The molecule has 2 heteroatoms. The maximum atomic E-state index is 5.34. The Morgan fingerprint density at radius 1 is 1.00 bits per heavy atom. The smallest absolute Gasteiger partial charge is 0.139 e. The lowest BCUT2D eigenvalue weighted by Gasteiger charge is -2.01. The van der Waals surface area contributed by atoms with Gasteiger partial charge in [-0.2, -0.15) is 0 Å². The summed E-state index contributed by atoms with van der Waals surface area (Å²) in [6.45, 7) is 0. The fourth-order valence-corrected chi connectivity index (χ4v) is 1.25. The van der Waals surface area contributed by atoms with Crippen LogP contribution in [0, 0.1) is 12.3 Å². The van der Waals surface area contributed by atoms with Gasteiger partial charge in [-0.15, -0.1) is 6.42 Å². The first kappa shape index (κ1) is 8.46. The van der Waals surface area contributed by atoms with E-state index in [9.17, 15) is 0 Å². The van der Waals surface area contributed by atoms with Crippen LogP contribution >= 0.6 is 0 Å². The van der Waals surface area contributed by atoms with Crippen molar-refractivity contribution in [1.82, 2.24) is 9.97 Å². The highest BCUT2D eigenvalue weighted by Crippen LogP contribution is 2.17. The van der Waals surface area contributed by atoms with Crippen LogP contribution in [-0.4, -0.2) is 9.97 Å². The van der Waals surface area contributed by atoms with Gasteiger partial charge in [0.15, 0.2) is 0 Å². The molecule has 0 aliphatic rings. The Morgan fingerprint density at radius 3 is 2.43 bits per heavy atom. The van der Waals surface area contributed by atoms with Crippen LogP contribution in [0.2, 0.25) is 0 Å². The van der Waals surface area contributed by atoms with Crippen molar-refractivity contribution in [3.63, 3.8) is 0 Å². The van der Waals surface area contributed by atoms with Gasteiger partial charge in [0.05, 0.1) is 0 Å². The van der Waals surface area contributed by atoms with E-state index in [1.165, 1.54) is 0 Å². The molecule has 0 unspecified atom stereocenters. The van der Waals surface area contributed by atoms with Crippen molar-refractivity contribution in [3.8, 4) is 23.6 Å². The Labute approximate surface area is 82.7 Å². The Balaban J connectivity index is 2.58. The van der Waals surface area contributed by atoms with Crippen molar-refractivity contribution < 1.29 is 0 Å². The lowest BCUT2D eigenvalue weighted by atomic mass is 10.1. The standard InChI is InChI=1S/C12H8N2/c1-2-11-12(14-9-8-13-11)10-6-4-3-5-7-10/h1,3-9H. The van der Waals surface area contributed by atoms with Gasteiger partial charge in [-0.25, -0.2) is 4.98 Å². The summed E-state index contributed by atoms with van der Waals surface area (Å²) in [7, 11) is 0. The number of rotatable bonds is 1. The third-order valence-electron chi connectivity index (χ3n) is 1.88. The first-order valence-electron chi connectivity index (χ1n) is 4.25. The van der Waals surface area contributed by atoms with E-state index in [2.05, 4.69) is 15.9 Å². The van der Waals surface area contributed by atoms with Gasteiger partial charge < -0.3 is 0 Å². The molecule has 0 atom stereocenters. The van der Waals surface area contributed by atoms with Gasteiger partial charge in [-0.05, 0) is 5.92 Å². The van der Waals surface area contributed by atoms with E-state index in [1.807, 2.05) is 30.3 Å². The minimum atomic E-state index is 0.582. The summed E-state index contributed by atoms with van der Waals surface area (Å²) in [5.41, 5.74) is 2.34. The summed E-state index contributed by atoms with van der Waals surface area (Å²) in [5.74, 6) is 2.52. The van der Waals surface area contributed by atoms with Gasteiger partial charge >= 0.3 is 0 Å². The second-order valence-corrected chi connectivity index (χ2v) is 2.76. The molecule has 1 aromatic heterocycles. The predicted octanol–water partition coefficient (Wildman–Crippen LogP) is 2.12. The van der Waals surface area contributed by atoms with Crippen LogP contribution in [0.1, 0.15) is 5.69 Å². The van der Waals surface area contributed by atoms with Crippen molar-refractivity contribution >= 4 is 0 Å². The largest absolute Gasteiger partial charge is 0.252 e. The van der Waals surface area contributed by atoms with Gasteiger partial charge in [0.25, 0.3) is 0 Å². The second-order valence-electron chi connectivity index (χ2n) is 2.76. The summed E-state index contributed by atoms with van der Waals surface area (Å²) in [5, 5.41) is 0. The molecule has 1 heterocycles. The number of hydrogen-bond acceptors (Lipinski definition) is 2. The quantitative estimate of drug-likeness (QED) is 0.628. The molecule has 66 valence electrons. The number of benzene rings is 1. The Kier molecular flexibility index (Phi) is 2.24. The number of nitrogens with zero attached hydrogens (tertiary/aromatic N) is 2. The van der Waals surface area contributed by atoms with E-state index in [4.69, 9.17) is 6.42 Å². The molecule has 0 bridgehead atoms. The SMILES string of the molecule is C#Cc1nccnc1-c1ccccc1. The van der Waals surface area contributed by atoms with Crippen LogP contribution in [0.5, 0.6) is 0 Å². The Bertz CT molecular complexity index is 469. The highest BCUT2D eigenvalue weighted by molar-refractivity contribution is 5.64. The molecule has 0 amide bonds. The normalized spacial score (nSPS) is 9.36. The Hall–Kier alpha value is -2.14. The van der Waals surface area contributed by atoms with E-state index in [-0.39, 0.29) is 0 Å². The molecule has 2 nitrogen and oxygen atoms in total. The molecule has 0 N–H and O–H groups in total. The second kappa shape index (κ2) is 3.71. The summed E-state index contributed by atoms with van der Waals surface area (Å²) < 4.78 is 0. The molecule has 0 fully saturated rings. The zero-order valence-electron chi connectivity index (χ0n) is 7.51. The molecule has 2 aromatic rings. The molecule has 14 heavy (non-hydrogen) atoms. The molecule has 2 rings (SSSR count). The van der Waals surface area contributed by atoms with Crippen molar-refractivity contribution in [3.05, 3.63) is 48.4 Å². The summed E-state index contributed by atoms with van der Waals surface area (Å²) in [6, 6.07) is 9.78. The monoisotopic (exact) mass is 180 g/mol. The molecule has 0 aliphatic heterocycles. The zero-order valence-corrected chi connectivity index (χ0v) is 7.51. The van der Waals surface area contributed by atoms with E-state index in [0.29, 0.717) is 5.69 Å². The van der Waals surface area contributed by atoms with E-state index < -0.39 is 0 Å². The average Bonchev–Trinajstić information content (AvgIpc) is 2.30. The minimum Gasteiger partial charge on any atom is -0.252 e. The fraction of sp³-hybridized carbons (Fsp3) is 0. The summed E-state index contributed by atoms with van der Waals surface area (Å²) >= 11 is 0. The Morgan fingerprint density at radius 2 is 1.71 bits per heavy atom. The van der Waals surface area contributed by atoms with Gasteiger partial charge in [0.1, 0.15) is 11.4 Å². The minimum absolute atomic E-state index is 0.582. The van der Waals surface area contributed by atoms with Crippen LogP contribution in [0.25, 0.3) is 11.3 Å². The lowest BCUT2D eigenvalue weighted by molar-refractivity contribution is 1.18. The number of hydrogen-bond donors (Lipinski definition) is 0. The molecule has 0 saturated heterocycles. The average molecular weight is 180 g/mol.